The maximum atomic E-state index is 13.2. The van der Waals surface area contributed by atoms with E-state index in [0.29, 0.717) is 6.07 Å². The Labute approximate surface area is 137 Å². The number of halogens is 4. The Hall–Kier alpha value is -2.88. The monoisotopic (exact) mass is 361 g/mol. The Balaban J connectivity index is 2.74. The van der Waals surface area contributed by atoms with Gasteiger partial charge in [-0.3, -0.25) is 20.2 Å². The number of nitro groups is 2. The zero-order valence-corrected chi connectivity index (χ0v) is 12.3. The summed E-state index contributed by atoms with van der Waals surface area (Å²) in [7, 11) is 0. The molecule has 0 bridgehead atoms. The molecule has 0 saturated carbocycles. The number of nitrogens with one attached hydrogen (secondary N) is 1. The second-order valence-corrected chi connectivity index (χ2v) is 4.91. The van der Waals surface area contributed by atoms with Crippen LogP contribution >= 0.6 is 11.6 Å². The summed E-state index contributed by atoms with van der Waals surface area (Å²) in [5.74, 6) is 0. The lowest BCUT2D eigenvalue weighted by Gasteiger charge is -2.15. The second-order valence-electron chi connectivity index (χ2n) is 4.50. The van der Waals surface area contributed by atoms with Gasteiger partial charge in [-0.1, -0.05) is 23.7 Å². The molecular weight excluding hydrogens is 355 g/mol. The van der Waals surface area contributed by atoms with Gasteiger partial charge < -0.3 is 5.32 Å². The lowest BCUT2D eigenvalue weighted by atomic mass is 10.1. The van der Waals surface area contributed by atoms with Gasteiger partial charge in [0.2, 0.25) is 0 Å². The van der Waals surface area contributed by atoms with Gasteiger partial charge >= 0.3 is 6.18 Å². The van der Waals surface area contributed by atoms with E-state index >= 15 is 0 Å². The number of anilines is 2. The summed E-state index contributed by atoms with van der Waals surface area (Å²) in [6, 6.07) is 6.34. The number of para-hydroxylation sites is 1. The number of benzene rings is 2. The van der Waals surface area contributed by atoms with Crippen molar-refractivity contribution in [2.24, 2.45) is 0 Å². The summed E-state index contributed by atoms with van der Waals surface area (Å²) >= 11 is 5.83. The number of rotatable bonds is 4. The van der Waals surface area contributed by atoms with E-state index in [9.17, 15) is 33.4 Å². The minimum Gasteiger partial charge on any atom is -0.348 e. The van der Waals surface area contributed by atoms with Crippen molar-refractivity contribution >= 4 is 34.4 Å². The van der Waals surface area contributed by atoms with Crippen molar-refractivity contribution in [1.29, 1.82) is 0 Å². The molecule has 2 rings (SSSR count). The van der Waals surface area contributed by atoms with Crippen LogP contribution in [0.1, 0.15) is 5.56 Å². The molecule has 0 amide bonds. The maximum absolute atomic E-state index is 13.2. The molecule has 0 spiro atoms. The topological polar surface area (TPSA) is 98.3 Å². The van der Waals surface area contributed by atoms with Crippen molar-refractivity contribution in [2.75, 3.05) is 5.32 Å². The van der Waals surface area contributed by atoms with Gasteiger partial charge in [0.05, 0.1) is 32.2 Å². The number of non-ortho nitro benzene ring substituents is 1. The summed E-state index contributed by atoms with van der Waals surface area (Å²) in [5, 5.41) is 24.1. The lowest BCUT2D eigenvalue weighted by Crippen LogP contribution is -2.12. The van der Waals surface area contributed by atoms with E-state index in [0.717, 1.165) is 0 Å². The normalized spacial score (nSPS) is 11.2. The van der Waals surface area contributed by atoms with E-state index in [-0.39, 0.29) is 16.8 Å². The van der Waals surface area contributed by atoms with Crippen LogP contribution in [-0.2, 0) is 6.18 Å². The van der Waals surface area contributed by atoms with Crippen molar-refractivity contribution in [3.63, 3.8) is 0 Å². The number of nitro benzene ring substituents is 2. The zero-order chi connectivity index (χ0) is 18.1. The number of nitrogens with zero attached hydrogens (tertiary/aromatic N) is 2. The number of hydrogen-bond donors (Lipinski definition) is 1. The molecule has 0 atom stereocenters. The van der Waals surface area contributed by atoms with Crippen molar-refractivity contribution in [3.05, 3.63) is 67.2 Å². The molecule has 0 radical (unpaired) electrons. The summed E-state index contributed by atoms with van der Waals surface area (Å²) in [6.45, 7) is 0. The quantitative estimate of drug-likeness (QED) is 0.615. The molecule has 126 valence electrons. The van der Waals surface area contributed by atoms with E-state index < -0.39 is 38.6 Å². The highest BCUT2D eigenvalue weighted by atomic mass is 35.5. The molecule has 24 heavy (non-hydrogen) atoms. The van der Waals surface area contributed by atoms with E-state index in [1.165, 1.54) is 24.3 Å². The molecule has 11 heteroatoms. The van der Waals surface area contributed by atoms with Crippen molar-refractivity contribution in [3.8, 4) is 0 Å². The van der Waals surface area contributed by atoms with E-state index in [2.05, 4.69) is 5.32 Å². The van der Waals surface area contributed by atoms with Crippen LogP contribution in [-0.4, -0.2) is 9.85 Å². The van der Waals surface area contributed by atoms with Crippen LogP contribution in [0.4, 0.5) is 35.9 Å². The van der Waals surface area contributed by atoms with Gasteiger partial charge in [-0.25, -0.2) is 0 Å². The predicted octanol–water partition coefficient (Wildman–Crippen LogP) is 4.92. The average Bonchev–Trinajstić information content (AvgIpc) is 2.48. The first-order chi connectivity index (χ1) is 11.1. The molecule has 0 aliphatic rings. The van der Waals surface area contributed by atoms with Gasteiger partial charge in [0.15, 0.2) is 0 Å². The maximum Gasteiger partial charge on any atom is 0.418 e. The Kier molecular flexibility index (Phi) is 4.60. The van der Waals surface area contributed by atoms with Crippen LogP contribution in [0.2, 0.25) is 5.02 Å². The Morgan fingerprint density at radius 1 is 1.04 bits per heavy atom. The summed E-state index contributed by atoms with van der Waals surface area (Å²) in [6.07, 6.45) is -5.06. The lowest BCUT2D eigenvalue weighted by molar-refractivity contribution is -0.394. The molecule has 2 aromatic carbocycles. The minimum absolute atomic E-state index is 0.0124. The van der Waals surface area contributed by atoms with Gasteiger partial charge in [0, 0.05) is 6.07 Å². The summed E-state index contributed by atoms with van der Waals surface area (Å²) < 4.78 is 39.7. The fourth-order valence-electron chi connectivity index (χ4n) is 1.91. The predicted molar refractivity (Wildman–Crippen MR) is 79.5 cm³/mol. The fourth-order valence-corrected chi connectivity index (χ4v) is 2.10. The molecule has 0 heterocycles. The average molecular weight is 362 g/mol. The van der Waals surface area contributed by atoms with Crippen LogP contribution in [0, 0.1) is 20.2 Å². The second kappa shape index (κ2) is 6.32. The van der Waals surface area contributed by atoms with Crippen molar-refractivity contribution in [1.82, 2.24) is 0 Å². The third kappa shape index (κ3) is 3.54. The molecule has 0 unspecified atom stereocenters. The highest BCUT2D eigenvalue weighted by molar-refractivity contribution is 6.33. The summed E-state index contributed by atoms with van der Waals surface area (Å²) in [4.78, 5) is 19.6. The Morgan fingerprint density at radius 2 is 1.67 bits per heavy atom. The van der Waals surface area contributed by atoms with Gasteiger partial charge in [-0.2, -0.15) is 13.2 Å². The molecule has 0 aliphatic carbocycles. The third-order valence-corrected chi connectivity index (χ3v) is 3.28. The van der Waals surface area contributed by atoms with Crippen LogP contribution in [0.3, 0.4) is 0 Å². The van der Waals surface area contributed by atoms with Crippen molar-refractivity contribution < 1.29 is 23.0 Å². The van der Waals surface area contributed by atoms with E-state index in [1.54, 1.807) is 0 Å². The first-order valence-electron chi connectivity index (χ1n) is 6.17. The van der Waals surface area contributed by atoms with Gasteiger partial charge in [-0.15, -0.1) is 0 Å². The smallest absolute Gasteiger partial charge is 0.348 e. The molecule has 1 N–H and O–H groups in total. The van der Waals surface area contributed by atoms with E-state index in [1.807, 2.05) is 0 Å². The number of alkyl halides is 3. The molecule has 0 fully saturated rings. The largest absolute Gasteiger partial charge is 0.418 e. The molecule has 7 nitrogen and oxygen atoms in total. The van der Waals surface area contributed by atoms with E-state index in [4.69, 9.17) is 11.6 Å². The Bertz CT molecular complexity index is 827. The first-order valence-corrected chi connectivity index (χ1v) is 6.54. The van der Waals surface area contributed by atoms with Crippen molar-refractivity contribution in [2.45, 2.75) is 6.18 Å². The fraction of sp³-hybridized carbons (Fsp3) is 0.0769. The first kappa shape index (κ1) is 17.5. The third-order valence-electron chi connectivity index (χ3n) is 2.95. The van der Waals surface area contributed by atoms with Crippen LogP contribution in [0.15, 0.2) is 36.4 Å². The highest BCUT2D eigenvalue weighted by Gasteiger charge is 2.39. The van der Waals surface area contributed by atoms with Gasteiger partial charge in [0.1, 0.15) is 5.69 Å². The summed E-state index contributed by atoms with van der Waals surface area (Å²) in [5.41, 5.74) is -4.61. The standard InChI is InChI=1S/C13H7ClF3N3O4/c14-9-3-1-2-4-10(9)18-12-8(13(15,16)17)5-7(19(21)22)6-11(12)20(23)24/h1-6,18H. The molecule has 0 aliphatic heterocycles. The molecule has 2 aromatic rings. The number of hydrogen-bond acceptors (Lipinski definition) is 5. The Morgan fingerprint density at radius 3 is 2.17 bits per heavy atom. The van der Waals surface area contributed by atoms with Crippen LogP contribution < -0.4 is 5.32 Å². The van der Waals surface area contributed by atoms with Gasteiger partial charge in [-0.05, 0) is 12.1 Å². The minimum atomic E-state index is -5.06. The molecule has 0 aromatic heterocycles. The highest BCUT2D eigenvalue weighted by Crippen LogP contribution is 2.44. The SMILES string of the molecule is O=[N+]([O-])c1cc([N+](=O)[O-])c(Nc2ccccc2Cl)c(C(F)(F)F)c1. The molecule has 0 saturated heterocycles. The zero-order valence-electron chi connectivity index (χ0n) is 11.5. The van der Waals surface area contributed by atoms with Crippen LogP contribution in [0.25, 0.3) is 0 Å². The molecular formula is C13H7ClF3N3O4. The van der Waals surface area contributed by atoms with Gasteiger partial charge in [0.25, 0.3) is 11.4 Å². The van der Waals surface area contributed by atoms with Crippen LogP contribution in [0.5, 0.6) is 0 Å².